The smallest absolute Gasteiger partial charge is 0.260 e. The van der Waals surface area contributed by atoms with E-state index >= 15 is 0 Å². The summed E-state index contributed by atoms with van der Waals surface area (Å²) in [7, 11) is 1.44. The number of methoxy groups -OCH3 is 1. The van der Waals surface area contributed by atoms with Crippen LogP contribution in [0.5, 0.6) is 11.5 Å². The first-order valence-corrected chi connectivity index (χ1v) is 6.68. The van der Waals surface area contributed by atoms with Crippen LogP contribution in [0, 0.1) is 0 Å². The van der Waals surface area contributed by atoms with Gasteiger partial charge in [-0.2, -0.15) is 0 Å². The lowest BCUT2D eigenvalue weighted by Gasteiger charge is -2.18. The Morgan fingerprint density at radius 1 is 1.50 bits per heavy atom. The molecule has 110 valence electrons. The lowest BCUT2D eigenvalue weighted by Crippen LogP contribution is -2.36. The quantitative estimate of drug-likeness (QED) is 0.786. The van der Waals surface area contributed by atoms with E-state index in [0.717, 1.165) is 6.42 Å². The van der Waals surface area contributed by atoms with E-state index in [9.17, 15) is 9.59 Å². The molecule has 1 aromatic carbocycles. The molecular weight excluding hydrogens is 282 g/mol. The zero-order chi connectivity index (χ0) is 15.1. The Bertz CT molecular complexity index is 490. The molecule has 0 spiro atoms. The molecule has 1 atom stereocenters. The van der Waals surface area contributed by atoms with E-state index < -0.39 is 6.10 Å². The van der Waals surface area contributed by atoms with E-state index in [-0.39, 0.29) is 17.2 Å². The Morgan fingerprint density at radius 3 is 2.75 bits per heavy atom. The minimum atomic E-state index is -0.740. The minimum Gasteiger partial charge on any atom is -0.493 e. The Labute approximate surface area is 123 Å². The van der Waals surface area contributed by atoms with Gasteiger partial charge in [0.15, 0.2) is 23.9 Å². The number of carbonyl (C=O) groups is 2. The van der Waals surface area contributed by atoms with Gasteiger partial charge >= 0.3 is 0 Å². The first-order chi connectivity index (χ1) is 9.53. The second-order valence-corrected chi connectivity index (χ2v) is 4.63. The third-order valence-electron chi connectivity index (χ3n) is 2.61. The highest BCUT2D eigenvalue weighted by Crippen LogP contribution is 2.34. The molecule has 5 nitrogen and oxygen atoms in total. The summed E-state index contributed by atoms with van der Waals surface area (Å²) < 4.78 is 10.7. The summed E-state index contributed by atoms with van der Waals surface area (Å²) in [5.74, 6) is 0.279. The van der Waals surface area contributed by atoms with Crippen LogP contribution in [0.3, 0.4) is 0 Å². The van der Waals surface area contributed by atoms with Crippen molar-refractivity contribution < 1.29 is 19.1 Å². The molecule has 0 saturated heterocycles. The fourth-order valence-electron chi connectivity index (χ4n) is 1.58. The van der Waals surface area contributed by atoms with Crippen LogP contribution >= 0.6 is 11.6 Å². The number of hydrogen-bond acceptors (Lipinski definition) is 4. The van der Waals surface area contributed by atoms with E-state index in [4.69, 9.17) is 21.1 Å². The van der Waals surface area contributed by atoms with Crippen LogP contribution in [0.2, 0.25) is 5.02 Å². The first-order valence-electron chi connectivity index (χ1n) is 6.30. The van der Waals surface area contributed by atoms with Crippen LogP contribution in [0.15, 0.2) is 12.1 Å². The zero-order valence-corrected chi connectivity index (χ0v) is 12.5. The van der Waals surface area contributed by atoms with Crippen LogP contribution < -0.4 is 14.8 Å². The van der Waals surface area contributed by atoms with Gasteiger partial charge in [0.05, 0.1) is 12.7 Å². The van der Waals surface area contributed by atoms with E-state index in [2.05, 4.69) is 5.32 Å². The minimum absolute atomic E-state index is 0.214. The third kappa shape index (κ3) is 4.13. The molecule has 0 aliphatic heterocycles. The van der Waals surface area contributed by atoms with Crippen LogP contribution in [0.25, 0.3) is 0 Å². The van der Waals surface area contributed by atoms with Gasteiger partial charge in [-0.3, -0.25) is 9.59 Å². The average Bonchev–Trinajstić information content (AvgIpc) is 2.45. The van der Waals surface area contributed by atoms with Crippen molar-refractivity contribution in [3.05, 3.63) is 22.7 Å². The highest BCUT2D eigenvalue weighted by Gasteiger charge is 2.19. The lowest BCUT2D eigenvalue weighted by atomic mass is 10.2. The van der Waals surface area contributed by atoms with Crippen molar-refractivity contribution in [3.8, 4) is 11.5 Å². The standard InChI is InChI=1S/C14H18ClNO4/c1-4-5-16-14(18)9(2)20-13-10(8-17)6-11(15)7-12(13)19-3/h6-9H,4-5H2,1-3H3,(H,16,18). The highest BCUT2D eigenvalue weighted by molar-refractivity contribution is 6.31. The van der Waals surface area contributed by atoms with Gasteiger partial charge in [0.1, 0.15) is 0 Å². The van der Waals surface area contributed by atoms with Crippen LogP contribution in [0.1, 0.15) is 30.6 Å². The van der Waals surface area contributed by atoms with Gasteiger partial charge < -0.3 is 14.8 Å². The maximum atomic E-state index is 11.8. The maximum absolute atomic E-state index is 11.8. The molecule has 0 heterocycles. The SMILES string of the molecule is CCCNC(=O)C(C)Oc1c(C=O)cc(Cl)cc1OC. The molecule has 20 heavy (non-hydrogen) atoms. The van der Waals surface area contributed by atoms with E-state index in [1.807, 2.05) is 6.92 Å². The number of hydrogen-bond donors (Lipinski definition) is 1. The van der Waals surface area contributed by atoms with Crippen molar-refractivity contribution in [2.24, 2.45) is 0 Å². The summed E-state index contributed by atoms with van der Waals surface area (Å²) in [5.41, 5.74) is 0.240. The van der Waals surface area contributed by atoms with Gasteiger partial charge in [-0.1, -0.05) is 18.5 Å². The number of ether oxygens (including phenoxy) is 2. The fourth-order valence-corrected chi connectivity index (χ4v) is 1.79. The lowest BCUT2D eigenvalue weighted by molar-refractivity contribution is -0.127. The summed E-state index contributed by atoms with van der Waals surface area (Å²) in [6, 6.07) is 2.99. The number of carbonyl (C=O) groups excluding carboxylic acids is 2. The summed E-state index contributed by atoms with van der Waals surface area (Å²) in [6.45, 7) is 4.14. The van der Waals surface area contributed by atoms with E-state index in [1.54, 1.807) is 6.92 Å². The molecule has 0 aliphatic rings. The topological polar surface area (TPSA) is 64.6 Å². The second-order valence-electron chi connectivity index (χ2n) is 4.20. The third-order valence-corrected chi connectivity index (χ3v) is 2.83. The van der Waals surface area contributed by atoms with Crippen molar-refractivity contribution in [1.82, 2.24) is 5.32 Å². The molecule has 0 aromatic heterocycles. The van der Waals surface area contributed by atoms with Gasteiger partial charge in [-0.25, -0.2) is 0 Å². The molecule has 6 heteroatoms. The van der Waals surface area contributed by atoms with Gasteiger partial charge in [-0.05, 0) is 19.4 Å². The largest absolute Gasteiger partial charge is 0.493 e. The average molecular weight is 300 g/mol. The molecule has 0 saturated carbocycles. The first kappa shape index (κ1) is 16.3. The van der Waals surface area contributed by atoms with Crippen LogP contribution in [-0.2, 0) is 4.79 Å². The molecule has 1 unspecified atom stereocenters. The van der Waals surface area contributed by atoms with Crippen molar-refractivity contribution in [2.75, 3.05) is 13.7 Å². The molecule has 1 rings (SSSR count). The molecule has 0 radical (unpaired) electrons. The predicted molar refractivity (Wildman–Crippen MR) is 76.8 cm³/mol. The van der Waals surface area contributed by atoms with Gasteiger partial charge in [0, 0.05) is 17.6 Å². The number of amides is 1. The fraction of sp³-hybridized carbons (Fsp3) is 0.429. The number of rotatable bonds is 7. The predicted octanol–water partition coefficient (Wildman–Crippen LogP) is 2.45. The summed E-state index contributed by atoms with van der Waals surface area (Å²) in [5, 5.41) is 3.08. The highest BCUT2D eigenvalue weighted by atomic mass is 35.5. The number of nitrogens with one attached hydrogen (secondary N) is 1. The number of halogens is 1. The molecule has 0 fully saturated rings. The molecular formula is C14H18ClNO4. The molecule has 0 bridgehead atoms. The molecule has 1 aromatic rings. The van der Waals surface area contributed by atoms with Crippen molar-refractivity contribution in [1.29, 1.82) is 0 Å². The van der Waals surface area contributed by atoms with Crippen molar-refractivity contribution in [2.45, 2.75) is 26.4 Å². The maximum Gasteiger partial charge on any atom is 0.260 e. The van der Waals surface area contributed by atoms with Gasteiger partial charge in [0.2, 0.25) is 0 Å². The van der Waals surface area contributed by atoms with Crippen LogP contribution in [-0.4, -0.2) is 32.0 Å². The Hall–Kier alpha value is -1.75. The van der Waals surface area contributed by atoms with Crippen molar-refractivity contribution >= 4 is 23.8 Å². The molecule has 0 aliphatic carbocycles. The molecule has 1 N–H and O–H groups in total. The number of benzene rings is 1. The molecule has 1 amide bonds. The summed E-state index contributed by atoms with van der Waals surface area (Å²) >= 11 is 5.87. The zero-order valence-electron chi connectivity index (χ0n) is 11.7. The normalized spacial score (nSPS) is 11.6. The summed E-state index contributed by atoms with van der Waals surface area (Å²) in [4.78, 5) is 22.9. The van der Waals surface area contributed by atoms with Crippen LogP contribution in [0.4, 0.5) is 0 Å². The van der Waals surface area contributed by atoms with E-state index in [1.165, 1.54) is 19.2 Å². The van der Waals surface area contributed by atoms with E-state index in [0.29, 0.717) is 23.6 Å². The Kier molecular flexibility index (Phi) is 6.31. The van der Waals surface area contributed by atoms with Gasteiger partial charge in [0.25, 0.3) is 5.91 Å². The van der Waals surface area contributed by atoms with Gasteiger partial charge in [-0.15, -0.1) is 0 Å². The monoisotopic (exact) mass is 299 g/mol. The Balaban J connectivity index is 2.95. The number of aldehydes is 1. The van der Waals surface area contributed by atoms with Crippen molar-refractivity contribution in [3.63, 3.8) is 0 Å². The summed E-state index contributed by atoms with van der Waals surface area (Å²) in [6.07, 6.45) is 0.707. The Morgan fingerprint density at radius 2 is 2.20 bits per heavy atom. The second kappa shape index (κ2) is 7.75.